The molecular formula is C18H29NO3. The Morgan fingerprint density at radius 3 is 2.68 bits per heavy atom. The Morgan fingerprint density at radius 1 is 1.27 bits per heavy atom. The molecule has 0 spiro atoms. The van der Waals surface area contributed by atoms with Gasteiger partial charge in [-0.15, -0.1) is 0 Å². The minimum absolute atomic E-state index is 0.314. The zero-order valence-electron chi connectivity index (χ0n) is 14.0. The van der Waals surface area contributed by atoms with Gasteiger partial charge in [0.2, 0.25) is 0 Å². The number of benzene rings is 1. The van der Waals surface area contributed by atoms with Crippen molar-refractivity contribution in [3.63, 3.8) is 0 Å². The Morgan fingerprint density at radius 2 is 2.05 bits per heavy atom. The average Bonchev–Trinajstić information content (AvgIpc) is 3.33. The van der Waals surface area contributed by atoms with E-state index in [1.165, 1.54) is 18.4 Å². The minimum Gasteiger partial charge on any atom is -0.494 e. The van der Waals surface area contributed by atoms with Gasteiger partial charge in [0.15, 0.2) is 0 Å². The summed E-state index contributed by atoms with van der Waals surface area (Å²) in [7, 11) is 0. The molecule has 0 radical (unpaired) electrons. The van der Waals surface area contributed by atoms with Crippen LogP contribution in [0, 0.1) is 0 Å². The third kappa shape index (κ3) is 5.50. The fourth-order valence-corrected chi connectivity index (χ4v) is 2.30. The van der Waals surface area contributed by atoms with Crippen LogP contribution in [0.4, 0.5) is 0 Å². The lowest BCUT2D eigenvalue weighted by Crippen LogP contribution is -2.35. The van der Waals surface area contributed by atoms with Crippen LogP contribution in [-0.2, 0) is 0 Å². The van der Waals surface area contributed by atoms with E-state index in [4.69, 9.17) is 9.47 Å². The predicted octanol–water partition coefficient (Wildman–Crippen LogP) is 3.09. The zero-order valence-corrected chi connectivity index (χ0v) is 14.0. The molecule has 1 aromatic rings. The number of ether oxygens (including phenoxy) is 2. The monoisotopic (exact) mass is 307 g/mol. The van der Waals surface area contributed by atoms with Crippen molar-refractivity contribution in [2.45, 2.75) is 58.1 Å². The molecule has 0 bridgehead atoms. The zero-order chi connectivity index (χ0) is 15.9. The lowest BCUT2D eigenvalue weighted by Gasteiger charge is -2.17. The highest BCUT2D eigenvalue weighted by Gasteiger charge is 2.27. The van der Waals surface area contributed by atoms with E-state index in [0.717, 1.165) is 24.5 Å². The van der Waals surface area contributed by atoms with Crippen molar-refractivity contribution in [3.8, 4) is 11.5 Å². The standard InChI is InChI=1S/C18H29NO3/c1-4-9-21-16-7-8-18(17(10-16)14-5-6-14)22-12-15(20)11-19-13(2)3/h7-8,10,13-15,19-20H,4-6,9,11-12H2,1-3H3. The Kier molecular flexibility index (Phi) is 6.52. The van der Waals surface area contributed by atoms with Gasteiger partial charge in [-0.3, -0.25) is 0 Å². The van der Waals surface area contributed by atoms with E-state index < -0.39 is 6.10 Å². The van der Waals surface area contributed by atoms with Crippen LogP contribution in [0.25, 0.3) is 0 Å². The summed E-state index contributed by atoms with van der Waals surface area (Å²) >= 11 is 0. The van der Waals surface area contributed by atoms with Crippen molar-refractivity contribution in [2.75, 3.05) is 19.8 Å². The summed E-state index contributed by atoms with van der Waals surface area (Å²) in [6.45, 7) is 7.83. The normalized spacial score (nSPS) is 15.9. The lowest BCUT2D eigenvalue weighted by atomic mass is 10.1. The van der Waals surface area contributed by atoms with Crippen molar-refractivity contribution >= 4 is 0 Å². The maximum Gasteiger partial charge on any atom is 0.123 e. The van der Waals surface area contributed by atoms with Crippen LogP contribution < -0.4 is 14.8 Å². The van der Waals surface area contributed by atoms with Gasteiger partial charge in [-0.1, -0.05) is 20.8 Å². The molecule has 0 amide bonds. The summed E-state index contributed by atoms with van der Waals surface area (Å²) in [6, 6.07) is 6.39. The molecule has 1 aliphatic carbocycles. The second-order valence-corrected chi connectivity index (χ2v) is 6.35. The fraction of sp³-hybridized carbons (Fsp3) is 0.667. The first-order chi connectivity index (χ1) is 10.6. The largest absolute Gasteiger partial charge is 0.494 e. The quantitative estimate of drug-likeness (QED) is 0.697. The van der Waals surface area contributed by atoms with Crippen molar-refractivity contribution in [1.29, 1.82) is 0 Å². The topological polar surface area (TPSA) is 50.7 Å². The van der Waals surface area contributed by atoms with E-state index >= 15 is 0 Å². The fourth-order valence-electron chi connectivity index (χ4n) is 2.30. The summed E-state index contributed by atoms with van der Waals surface area (Å²) in [4.78, 5) is 0. The van der Waals surface area contributed by atoms with Crippen LogP contribution in [0.15, 0.2) is 18.2 Å². The van der Waals surface area contributed by atoms with E-state index in [1.54, 1.807) is 0 Å². The van der Waals surface area contributed by atoms with Crippen molar-refractivity contribution in [1.82, 2.24) is 5.32 Å². The highest BCUT2D eigenvalue weighted by Crippen LogP contribution is 2.45. The van der Waals surface area contributed by atoms with Crippen LogP contribution in [0.3, 0.4) is 0 Å². The van der Waals surface area contributed by atoms with Crippen molar-refractivity contribution in [2.24, 2.45) is 0 Å². The SMILES string of the molecule is CCCOc1ccc(OCC(O)CNC(C)C)c(C2CC2)c1. The number of aliphatic hydroxyl groups is 1. The average molecular weight is 307 g/mol. The van der Waals surface area contributed by atoms with Gasteiger partial charge in [0, 0.05) is 18.2 Å². The smallest absolute Gasteiger partial charge is 0.123 e. The molecule has 2 rings (SSSR count). The Labute approximate surface area is 133 Å². The molecular weight excluding hydrogens is 278 g/mol. The summed E-state index contributed by atoms with van der Waals surface area (Å²) in [5, 5.41) is 13.2. The van der Waals surface area contributed by atoms with Gasteiger partial charge >= 0.3 is 0 Å². The summed E-state index contributed by atoms with van der Waals surface area (Å²) < 4.78 is 11.6. The highest BCUT2D eigenvalue weighted by atomic mass is 16.5. The first kappa shape index (κ1) is 17.1. The van der Waals surface area contributed by atoms with E-state index in [2.05, 4.69) is 32.2 Å². The van der Waals surface area contributed by atoms with E-state index in [-0.39, 0.29) is 0 Å². The van der Waals surface area contributed by atoms with Crippen LogP contribution in [-0.4, -0.2) is 37.0 Å². The molecule has 0 aromatic heterocycles. The van der Waals surface area contributed by atoms with Gasteiger partial charge in [-0.05, 0) is 43.4 Å². The molecule has 0 aliphatic heterocycles. The van der Waals surface area contributed by atoms with E-state index in [0.29, 0.717) is 25.1 Å². The van der Waals surface area contributed by atoms with Crippen LogP contribution in [0.2, 0.25) is 0 Å². The van der Waals surface area contributed by atoms with Gasteiger partial charge in [0.05, 0.1) is 6.61 Å². The molecule has 0 heterocycles. The Bertz CT molecular complexity index is 458. The molecule has 1 atom stereocenters. The Balaban J connectivity index is 1.92. The van der Waals surface area contributed by atoms with Crippen LogP contribution in [0.1, 0.15) is 51.5 Å². The molecule has 1 unspecified atom stereocenters. The lowest BCUT2D eigenvalue weighted by molar-refractivity contribution is 0.104. The highest BCUT2D eigenvalue weighted by molar-refractivity contribution is 5.44. The molecule has 2 N–H and O–H groups in total. The number of hydrogen-bond donors (Lipinski definition) is 2. The van der Waals surface area contributed by atoms with Crippen LogP contribution in [0.5, 0.6) is 11.5 Å². The molecule has 1 aromatic carbocycles. The molecule has 22 heavy (non-hydrogen) atoms. The van der Waals surface area contributed by atoms with Gasteiger partial charge < -0.3 is 19.9 Å². The van der Waals surface area contributed by atoms with Gasteiger partial charge in [-0.2, -0.15) is 0 Å². The second-order valence-electron chi connectivity index (χ2n) is 6.35. The Hall–Kier alpha value is -1.26. The first-order valence-electron chi connectivity index (χ1n) is 8.41. The maximum absolute atomic E-state index is 9.96. The minimum atomic E-state index is -0.495. The summed E-state index contributed by atoms with van der Waals surface area (Å²) in [5.74, 6) is 2.39. The second kappa shape index (κ2) is 8.39. The van der Waals surface area contributed by atoms with E-state index in [1.807, 2.05) is 12.1 Å². The number of rotatable bonds is 10. The predicted molar refractivity (Wildman–Crippen MR) is 88.8 cm³/mol. The maximum atomic E-state index is 9.96. The molecule has 4 nitrogen and oxygen atoms in total. The number of aliphatic hydroxyl groups excluding tert-OH is 1. The first-order valence-corrected chi connectivity index (χ1v) is 8.41. The molecule has 1 aliphatic rings. The third-order valence-corrected chi connectivity index (χ3v) is 3.66. The summed E-state index contributed by atoms with van der Waals surface area (Å²) in [5.41, 5.74) is 1.22. The van der Waals surface area contributed by atoms with E-state index in [9.17, 15) is 5.11 Å². The van der Waals surface area contributed by atoms with Gasteiger partial charge in [-0.25, -0.2) is 0 Å². The molecule has 1 saturated carbocycles. The molecule has 124 valence electrons. The summed E-state index contributed by atoms with van der Waals surface area (Å²) in [6.07, 6.45) is 2.94. The van der Waals surface area contributed by atoms with Crippen molar-refractivity contribution in [3.05, 3.63) is 23.8 Å². The van der Waals surface area contributed by atoms with Crippen LogP contribution >= 0.6 is 0 Å². The van der Waals surface area contributed by atoms with Crippen molar-refractivity contribution < 1.29 is 14.6 Å². The molecule has 4 heteroatoms. The third-order valence-electron chi connectivity index (χ3n) is 3.66. The van der Waals surface area contributed by atoms with Gasteiger partial charge in [0.1, 0.15) is 24.2 Å². The number of hydrogen-bond acceptors (Lipinski definition) is 4. The number of nitrogens with one attached hydrogen (secondary N) is 1. The van der Waals surface area contributed by atoms with Gasteiger partial charge in [0.25, 0.3) is 0 Å². The molecule has 1 fully saturated rings. The molecule has 0 saturated heterocycles.